The summed E-state index contributed by atoms with van der Waals surface area (Å²) in [5, 5.41) is 16.1. The van der Waals surface area contributed by atoms with Gasteiger partial charge in [0.2, 0.25) is 0 Å². The third kappa shape index (κ3) is 2.39. The molecule has 0 saturated heterocycles. The van der Waals surface area contributed by atoms with Crippen molar-refractivity contribution < 1.29 is 14.5 Å². The Bertz CT molecular complexity index is 830. The van der Waals surface area contributed by atoms with Gasteiger partial charge in [-0.2, -0.15) is 0 Å². The molecule has 1 aromatic carbocycles. The van der Waals surface area contributed by atoms with Gasteiger partial charge in [0.05, 0.1) is 17.6 Å². The maximum Gasteiger partial charge on any atom is 0.324 e. The van der Waals surface area contributed by atoms with Crippen molar-refractivity contribution in [1.29, 1.82) is 0 Å². The van der Waals surface area contributed by atoms with Gasteiger partial charge in [-0.1, -0.05) is 11.3 Å². The standard InChI is InChI=1S/C16H15N3O4S/c1-23-11-4-5-13-12(7-11)16(20)18(10-2-3-10)15(17-13)9-6-14(19(21)22)24-8-9/h4-8,10,15,17H,2-3H2,1H3/t15-/m1/s1. The Hall–Kier alpha value is -2.61. The van der Waals surface area contributed by atoms with Crippen LogP contribution >= 0.6 is 11.3 Å². The zero-order valence-electron chi connectivity index (χ0n) is 12.9. The van der Waals surface area contributed by atoms with Gasteiger partial charge in [-0.05, 0) is 31.0 Å². The Balaban J connectivity index is 1.75. The van der Waals surface area contributed by atoms with E-state index >= 15 is 0 Å². The Labute approximate surface area is 142 Å². The number of fused-ring (bicyclic) bond motifs is 1. The molecule has 8 heteroatoms. The maximum atomic E-state index is 13.0. The average molecular weight is 345 g/mol. The van der Waals surface area contributed by atoms with Gasteiger partial charge in [-0.15, -0.1) is 0 Å². The molecule has 1 N–H and O–H groups in total. The van der Waals surface area contributed by atoms with Crippen molar-refractivity contribution in [2.75, 3.05) is 12.4 Å². The highest BCUT2D eigenvalue weighted by molar-refractivity contribution is 7.13. The van der Waals surface area contributed by atoms with Crippen LogP contribution in [0.5, 0.6) is 5.75 Å². The molecule has 24 heavy (non-hydrogen) atoms. The van der Waals surface area contributed by atoms with Crippen LogP contribution in [0.2, 0.25) is 0 Å². The Morgan fingerprint density at radius 3 is 2.79 bits per heavy atom. The number of methoxy groups -OCH3 is 1. The zero-order valence-corrected chi connectivity index (χ0v) is 13.7. The van der Waals surface area contributed by atoms with E-state index < -0.39 is 4.92 Å². The van der Waals surface area contributed by atoms with E-state index in [-0.39, 0.29) is 23.1 Å². The van der Waals surface area contributed by atoms with Crippen LogP contribution < -0.4 is 10.1 Å². The SMILES string of the molecule is COc1ccc2c(c1)C(=O)N(C1CC1)[C@H](c1csc([N+](=O)[O-])c1)N2. The van der Waals surface area contributed by atoms with Crippen molar-refractivity contribution in [3.63, 3.8) is 0 Å². The summed E-state index contributed by atoms with van der Waals surface area (Å²) < 4.78 is 5.21. The van der Waals surface area contributed by atoms with Crippen LogP contribution in [-0.4, -0.2) is 28.9 Å². The fourth-order valence-electron chi connectivity index (χ4n) is 2.98. The van der Waals surface area contributed by atoms with Gasteiger partial charge in [0.15, 0.2) is 0 Å². The maximum absolute atomic E-state index is 13.0. The number of anilines is 1. The van der Waals surface area contributed by atoms with Gasteiger partial charge in [-0.3, -0.25) is 14.9 Å². The number of carbonyl (C=O) groups excluding carboxylic acids is 1. The number of nitro groups is 1. The zero-order chi connectivity index (χ0) is 16.8. The minimum atomic E-state index is -0.404. The molecule has 1 aromatic heterocycles. The van der Waals surface area contributed by atoms with Crippen LogP contribution in [0.4, 0.5) is 10.7 Å². The van der Waals surface area contributed by atoms with Crippen LogP contribution in [-0.2, 0) is 0 Å². The molecule has 1 atom stereocenters. The Morgan fingerprint density at radius 2 is 2.17 bits per heavy atom. The third-order valence-corrected chi connectivity index (χ3v) is 5.20. The summed E-state index contributed by atoms with van der Waals surface area (Å²) >= 11 is 1.08. The summed E-state index contributed by atoms with van der Waals surface area (Å²) in [5.74, 6) is 0.563. The van der Waals surface area contributed by atoms with Gasteiger partial charge >= 0.3 is 5.00 Å². The lowest BCUT2D eigenvalue weighted by Gasteiger charge is -2.38. The summed E-state index contributed by atoms with van der Waals surface area (Å²) in [6.45, 7) is 0. The molecular weight excluding hydrogens is 330 g/mol. The minimum Gasteiger partial charge on any atom is -0.497 e. The molecule has 0 radical (unpaired) electrons. The largest absolute Gasteiger partial charge is 0.497 e. The lowest BCUT2D eigenvalue weighted by Crippen LogP contribution is -2.44. The van der Waals surface area contributed by atoms with E-state index in [4.69, 9.17) is 4.74 Å². The van der Waals surface area contributed by atoms with Gasteiger partial charge in [0.1, 0.15) is 11.9 Å². The molecule has 7 nitrogen and oxygen atoms in total. The molecule has 0 unspecified atom stereocenters. The highest BCUT2D eigenvalue weighted by Crippen LogP contribution is 2.43. The summed E-state index contributed by atoms with van der Waals surface area (Å²) in [7, 11) is 1.56. The molecule has 1 fully saturated rings. The van der Waals surface area contributed by atoms with E-state index in [0.717, 1.165) is 35.4 Å². The number of carbonyl (C=O) groups is 1. The fraction of sp³-hybridized carbons (Fsp3) is 0.312. The highest BCUT2D eigenvalue weighted by Gasteiger charge is 2.42. The molecule has 1 aliphatic carbocycles. The molecule has 4 rings (SSSR count). The number of hydrogen-bond donors (Lipinski definition) is 1. The Morgan fingerprint density at radius 1 is 1.38 bits per heavy atom. The summed E-state index contributed by atoms with van der Waals surface area (Å²) in [6.07, 6.45) is 1.53. The lowest BCUT2D eigenvalue weighted by molar-refractivity contribution is -0.380. The number of thiophene rings is 1. The predicted molar refractivity (Wildman–Crippen MR) is 89.5 cm³/mol. The van der Waals surface area contributed by atoms with Crippen molar-refractivity contribution in [2.24, 2.45) is 0 Å². The number of hydrogen-bond acceptors (Lipinski definition) is 6. The molecule has 1 aliphatic heterocycles. The van der Waals surface area contributed by atoms with Crippen molar-refractivity contribution in [1.82, 2.24) is 4.90 Å². The number of amides is 1. The monoisotopic (exact) mass is 345 g/mol. The first-order valence-electron chi connectivity index (χ1n) is 7.58. The summed E-state index contributed by atoms with van der Waals surface area (Å²) in [5.41, 5.74) is 2.03. The lowest BCUT2D eigenvalue weighted by atomic mass is 10.0. The molecule has 1 amide bonds. The van der Waals surface area contributed by atoms with E-state index in [2.05, 4.69) is 5.32 Å². The van der Waals surface area contributed by atoms with E-state index in [9.17, 15) is 14.9 Å². The van der Waals surface area contributed by atoms with Crippen molar-refractivity contribution in [2.45, 2.75) is 25.0 Å². The Kier molecular flexibility index (Phi) is 3.42. The second-order valence-electron chi connectivity index (χ2n) is 5.88. The van der Waals surface area contributed by atoms with Gasteiger partial charge in [0.25, 0.3) is 5.91 Å². The molecule has 2 heterocycles. The first-order chi connectivity index (χ1) is 11.6. The third-order valence-electron chi connectivity index (χ3n) is 4.30. The fourth-order valence-corrected chi connectivity index (χ4v) is 3.72. The predicted octanol–water partition coefficient (Wildman–Crippen LogP) is 3.39. The smallest absolute Gasteiger partial charge is 0.324 e. The van der Waals surface area contributed by atoms with Gasteiger partial charge in [0, 0.05) is 28.7 Å². The number of nitrogens with one attached hydrogen (secondary N) is 1. The van der Waals surface area contributed by atoms with Crippen LogP contribution in [0, 0.1) is 10.1 Å². The van der Waals surface area contributed by atoms with E-state index in [1.807, 2.05) is 6.07 Å². The number of ether oxygens (including phenoxy) is 1. The highest BCUT2D eigenvalue weighted by atomic mass is 32.1. The van der Waals surface area contributed by atoms with Crippen LogP contribution in [0.15, 0.2) is 29.6 Å². The number of benzene rings is 1. The summed E-state index contributed by atoms with van der Waals surface area (Å²) in [4.78, 5) is 25.3. The molecule has 1 saturated carbocycles. The van der Waals surface area contributed by atoms with Crippen molar-refractivity contribution in [3.05, 3.63) is 50.9 Å². The molecule has 2 aromatic rings. The second kappa shape index (κ2) is 5.48. The number of rotatable bonds is 4. The van der Waals surface area contributed by atoms with E-state index in [1.54, 1.807) is 35.6 Å². The molecule has 124 valence electrons. The molecule has 0 spiro atoms. The van der Waals surface area contributed by atoms with E-state index in [0.29, 0.717) is 11.3 Å². The van der Waals surface area contributed by atoms with Crippen LogP contribution in [0.1, 0.15) is 34.9 Å². The van der Waals surface area contributed by atoms with Crippen LogP contribution in [0.25, 0.3) is 0 Å². The van der Waals surface area contributed by atoms with Crippen molar-refractivity contribution in [3.8, 4) is 5.75 Å². The van der Waals surface area contributed by atoms with Gasteiger partial charge < -0.3 is 15.0 Å². The molecule has 2 aliphatic rings. The van der Waals surface area contributed by atoms with Gasteiger partial charge in [-0.25, -0.2) is 0 Å². The first-order valence-corrected chi connectivity index (χ1v) is 8.46. The normalized spacial score (nSPS) is 19.6. The average Bonchev–Trinajstić information content (AvgIpc) is 3.29. The topological polar surface area (TPSA) is 84.7 Å². The molecule has 0 bridgehead atoms. The number of nitrogens with zero attached hydrogens (tertiary/aromatic N) is 2. The quantitative estimate of drug-likeness (QED) is 0.678. The van der Waals surface area contributed by atoms with Crippen LogP contribution in [0.3, 0.4) is 0 Å². The van der Waals surface area contributed by atoms with E-state index in [1.165, 1.54) is 0 Å². The second-order valence-corrected chi connectivity index (χ2v) is 6.77. The summed E-state index contributed by atoms with van der Waals surface area (Å²) in [6, 6.07) is 7.04. The first kappa shape index (κ1) is 14.9. The van der Waals surface area contributed by atoms with Crippen molar-refractivity contribution >= 4 is 27.9 Å². The minimum absolute atomic E-state index is 0.0657. The molecular formula is C16H15N3O4S.